The van der Waals surface area contributed by atoms with Gasteiger partial charge in [-0.15, -0.1) is 0 Å². The number of aromatic nitrogens is 1. The maximum absolute atomic E-state index is 4.82. The van der Waals surface area contributed by atoms with E-state index in [0.29, 0.717) is 11.3 Å². The molecular weight excluding hydrogens is 278 g/mol. The van der Waals surface area contributed by atoms with E-state index in [1.165, 1.54) is 36.8 Å². The molecule has 0 unspecified atom stereocenters. The second kappa shape index (κ2) is 5.52. The Morgan fingerprint density at radius 3 is 2.35 bits per heavy atom. The lowest BCUT2D eigenvalue weighted by Crippen LogP contribution is -2.21. The molecule has 1 aliphatic carbocycles. The monoisotopic (exact) mass is 307 g/mol. The van der Waals surface area contributed by atoms with Crippen LogP contribution < -0.4 is 0 Å². The van der Waals surface area contributed by atoms with Crippen LogP contribution in [0.15, 0.2) is 12.1 Å². The van der Waals surface area contributed by atoms with Crippen molar-refractivity contribution in [3.05, 3.63) is 41.1 Å². The Morgan fingerprint density at radius 1 is 1.09 bits per heavy atom. The van der Waals surface area contributed by atoms with Gasteiger partial charge in [-0.25, -0.2) is 4.98 Å². The van der Waals surface area contributed by atoms with Crippen molar-refractivity contribution in [1.82, 2.24) is 4.98 Å². The molecule has 0 N–H and O–H groups in total. The minimum absolute atomic E-state index is 0.148. The van der Waals surface area contributed by atoms with E-state index in [-0.39, 0.29) is 5.41 Å². The molecule has 1 heteroatoms. The van der Waals surface area contributed by atoms with E-state index in [4.69, 9.17) is 4.98 Å². The maximum Gasteiger partial charge on any atom is 0.0879 e. The number of hydrogen-bond acceptors (Lipinski definition) is 1. The van der Waals surface area contributed by atoms with Gasteiger partial charge >= 0.3 is 0 Å². The van der Waals surface area contributed by atoms with E-state index in [0.717, 1.165) is 16.6 Å². The van der Waals surface area contributed by atoms with Crippen molar-refractivity contribution < 1.29 is 0 Å². The van der Waals surface area contributed by atoms with Crippen LogP contribution in [0.5, 0.6) is 0 Å². The van der Waals surface area contributed by atoms with Crippen molar-refractivity contribution in [3.8, 4) is 0 Å². The molecule has 2 aromatic rings. The van der Waals surface area contributed by atoms with Crippen molar-refractivity contribution in [1.29, 1.82) is 0 Å². The number of hydrogen-bond donors (Lipinski definition) is 0. The van der Waals surface area contributed by atoms with Crippen LogP contribution in [0.25, 0.3) is 10.9 Å². The van der Waals surface area contributed by atoms with Gasteiger partial charge in [0.05, 0.1) is 16.6 Å². The van der Waals surface area contributed by atoms with Crippen LogP contribution in [0.4, 0.5) is 0 Å². The van der Waals surface area contributed by atoms with E-state index in [2.05, 4.69) is 58.9 Å². The largest absolute Gasteiger partial charge is 0.243 e. The number of nitrogens with zero attached hydrogens (tertiary/aromatic N) is 1. The van der Waals surface area contributed by atoms with Crippen molar-refractivity contribution in [2.24, 2.45) is 5.41 Å². The molecule has 23 heavy (non-hydrogen) atoms. The lowest BCUT2D eigenvalue weighted by molar-refractivity contribution is 0.225. The van der Waals surface area contributed by atoms with Crippen LogP contribution >= 0.6 is 0 Å². The second-order valence-electron chi connectivity index (χ2n) is 9.10. The molecule has 0 saturated heterocycles. The Balaban J connectivity index is 2.11. The van der Waals surface area contributed by atoms with Crippen LogP contribution in [-0.2, 0) is 5.41 Å². The predicted molar refractivity (Wildman–Crippen MR) is 97.8 cm³/mol. The Labute approximate surface area is 141 Å². The van der Waals surface area contributed by atoms with Gasteiger partial charge < -0.3 is 0 Å². The first kappa shape index (κ1) is 16.3. The summed E-state index contributed by atoms with van der Waals surface area (Å²) in [4.78, 5) is 4.82. The predicted octanol–water partition coefficient (Wildman–Crippen LogP) is 6.12. The molecular formula is C22H29N. The summed E-state index contributed by atoms with van der Waals surface area (Å²) in [5.74, 6) is 0.635. The molecule has 122 valence electrons. The van der Waals surface area contributed by atoms with E-state index >= 15 is 0 Å². The Morgan fingerprint density at radius 2 is 1.74 bits per heavy atom. The van der Waals surface area contributed by atoms with E-state index in [9.17, 15) is 0 Å². The van der Waals surface area contributed by atoms with Crippen LogP contribution in [0.2, 0.25) is 0 Å². The van der Waals surface area contributed by atoms with Gasteiger partial charge in [0.2, 0.25) is 0 Å². The van der Waals surface area contributed by atoms with Gasteiger partial charge in [0.1, 0.15) is 0 Å². The molecule has 1 saturated carbocycles. The van der Waals surface area contributed by atoms with Crippen molar-refractivity contribution >= 4 is 10.9 Å². The van der Waals surface area contributed by atoms with Crippen LogP contribution in [0.1, 0.15) is 83.0 Å². The van der Waals surface area contributed by atoms with Gasteiger partial charge in [0, 0.05) is 0 Å². The van der Waals surface area contributed by atoms with Crippen LogP contribution in [-0.4, -0.2) is 4.98 Å². The van der Waals surface area contributed by atoms with Crippen molar-refractivity contribution in [2.75, 3.05) is 0 Å². The summed E-state index contributed by atoms with van der Waals surface area (Å²) in [6, 6.07) is 11.2. The first-order chi connectivity index (χ1) is 10.7. The summed E-state index contributed by atoms with van der Waals surface area (Å²) in [6.07, 6.45) is 5.16. The Hall–Kier alpha value is -1.55. The fraction of sp³-hybridized carbons (Fsp3) is 0.591. The standard InChI is InChI=1S/C22H29N/c1-15-7-8-17-13-18(21(2,3)4)14-19(20(17)23-15)16-9-11-22(5,6)12-10-16/h13-14,16H,9-12H2,1-6H3. The molecule has 1 aromatic heterocycles. The molecule has 0 radical (unpaired) electrons. The smallest absolute Gasteiger partial charge is 0.0879 e. The summed E-state index contributed by atoms with van der Waals surface area (Å²) in [5, 5.41) is 1.13. The van der Waals surface area contributed by atoms with Gasteiger partial charge in [-0.05, 0) is 72.6 Å². The summed E-state index contributed by atoms with van der Waals surface area (Å²) in [5.41, 5.74) is 5.57. The van der Waals surface area contributed by atoms with E-state index in [1.807, 2.05) is 6.92 Å². The zero-order valence-electron chi connectivity index (χ0n) is 15.5. The molecule has 1 heterocycles. The quantitative estimate of drug-likeness (QED) is 0.618. The zero-order valence-corrected chi connectivity index (χ0v) is 15.5. The zero-order chi connectivity index (χ0) is 16.8. The van der Waals surface area contributed by atoms with Crippen molar-refractivity contribution in [2.45, 2.75) is 78.6 Å². The summed E-state index contributed by atoms with van der Waals surface area (Å²) in [7, 11) is 0. The van der Waals surface area contributed by atoms with Gasteiger partial charge in [-0.1, -0.05) is 46.8 Å². The second-order valence-corrected chi connectivity index (χ2v) is 9.10. The van der Waals surface area contributed by atoms with E-state index in [1.54, 1.807) is 0 Å². The highest BCUT2D eigenvalue weighted by Crippen LogP contribution is 2.44. The van der Waals surface area contributed by atoms with Gasteiger partial charge in [0.25, 0.3) is 0 Å². The third-order valence-electron chi connectivity index (χ3n) is 5.44. The highest BCUT2D eigenvalue weighted by atomic mass is 14.7. The molecule has 1 nitrogen and oxygen atoms in total. The minimum Gasteiger partial charge on any atom is -0.243 e. The lowest BCUT2D eigenvalue weighted by atomic mass is 9.70. The van der Waals surface area contributed by atoms with Crippen LogP contribution in [0, 0.1) is 24.5 Å². The fourth-order valence-corrected chi connectivity index (χ4v) is 3.68. The average molecular weight is 307 g/mol. The molecule has 1 aromatic carbocycles. The Bertz CT molecular complexity index is 709. The fourth-order valence-electron chi connectivity index (χ4n) is 3.68. The summed E-state index contributed by atoms with van der Waals surface area (Å²) < 4.78 is 0. The topological polar surface area (TPSA) is 12.9 Å². The van der Waals surface area contributed by atoms with Crippen LogP contribution in [0.3, 0.4) is 0 Å². The average Bonchev–Trinajstić information content (AvgIpc) is 2.45. The summed E-state index contributed by atoms with van der Waals surface area (Å²) >= 11 is 0. The maximum atomic E-state index is 4.82. The molecule has 1 aliphatic rings. The normalized spacial score (nSPS) is 18.9. The molecule has 0 amide bonds. The number of rotatable bonds is 1. The molecule has 0 spiro atoms. The highest BCUT2D eigenvalue weighted by molar-refractivity contribution is 5.82. The molecule has 0 atom stereocenters. The molecule has 0 bridgehead atoms. The molecule has 1 fully saturated rings. The molecule has 3 rings (SSSR count). The number of aryl methyl sites for hydroxylation is 1. The third kappa shape index (κ3) is 3.37. The SMILES string of the molecule is Cc1c#cc2cc(C(C)(C)C)cc(C3CCC(C)(C)CC3)c2n1. The first-order valence-corrected chi connectivity index (χ1v) is 8.91. The molecule has 0 aliphatic heterocycles. The lowest BCUT2D eigenvalue weighted by Gasteiger charge is -2.35. The Kier molecular flexibility index (Phi) is 3.91. The summed E-state index contributed by atoms with van der Waals surface area (Å²) in [6.45, 7) is 13.7. The highest BCUT2D eigenvalue weighted by Gasteiger charge is 2.29. The minimum atomic E-state index is 0.148. The first-order valence-electron chi connectivity index (χ1n) is 8.91. The van der Waals surface area contributed by atoms with Gasteiger partial charge in [0.15, 0.2) is 0 Å². The number of fused-ring (bicyclic) bond motifs is 1. The van der Waals surface area contributed by atoms with Crippen molar-refractivity contribution in [3.63, 3.8) is 0 Å². The van der Waals surface area contributed by atoms with E-state index < -0.39 is 0 Å². The van der Waals surface area contributed by atoms with Gasteiger partial charge in [-0.2, -0.15) is 0 Å². The number of benzene rings is 1. The van der Waals surface area contributed by atoms with Gasteiger partial charge in [-0.3, -0.25) is 0 Å². The third-order valence-corrected chi connectivity index (χ3v) is 5.44.